The second-order valence-electron chi connectivity index (χ2n) is 3.61. The van der Waals surface area contributed by atoms with E-state index in [1.165, 1.54) is 6.07 Å². The molecule has 1 aromatic carbocycles. The van der Waals surface area contributed by atoms with Crippen molar-refractivity contribution < 1.29 is 29.0 Å². The number of aliphatic carboxylic acids is 2. The zero-order valence-corrected chi connectivity index (χ0v) is 11.1. The van der Waals surface area contributed by atoms with Crippen LogP contribution in [0.4, 0.5) is 4.39 Å². The molecule has 0 saturated heterocycles. The number of benzene rings is 1. The van der Waals surface area contributed by atoms with Crippen molar-refractivity contribution in [3.63, 3.8) is 0 Å². The summed E-state index contributed by atoms with van der Waals surface area (Å²) in [6, 6.07) is 3.31. The molecule has 0 aliphatic heterocycles. The average molecular weight is 334 g/mol. The van der Waals surface area contributed by atoms with Crippen LogP contribution in [0, 0.1) is 5.82 Å². The number of carboxylic acid groups (broad SMARTS) is 2. The Kier molecular flexibility index (Phi) is 4.99. The molecule has 0 atom stereocenters. The minimum Gasteiger partial charge on any atom is -0.480 e. The highest BCUT2D eigenvalue weighted by atomic mass is 79.9. The molecule has 0 heterocycles. The fourth-order valence-electron chi connectivity index (χ4n) is 1.39. The maximum atomic E-state index is 13.1. The number of carbonyl (C=O) groups excluding carboxylic acids is 1. The van der Waals surface area contributed by atoms with Crippen molar-refractivity contribution in [1.29, 1.82) is 0 Å². The number of halogens is 2. The molecule has 0 fully saturated rings. The van der Waals surface area contributed by atoms with E-state index in [4.69, 9.17) is 10.2 Å². The molecule has 1 aromatic rings. The predicted octanol–water partition coefficient (Wildman–Crippen LogP) is 1.20. The summed E-state index contributed by atoms with van der Waals surface area (Å²) >= 11 is 2.99. The maximum Gasteiger partial charge on any atom is 0.323 e. The summed E-state index contributed by atoms with van der Waals surface area (Å²) in [4.78, 5) is 33.7. The van der Waals surface area contributed by atoms with Crippen molar-refractivity contribution in [2.24, 2.45) is 0 Å². The van der Waals surface area contributed by atoms with Gasteiger partial charge in [0.2, 0.25) is 0 Å². The van der Waals surface area contributed by atoms with Gasteiger partial charge in [0.25, 0.3) is 5.91 Å². The number of carbonyl (C=O) groups is 3. The summed E-state index contributed by atoms with van der Waals surface area (Å²) in [6.07, 6.45) is 0. The summed E-state index contributed by atoms with van der Waals surface area (Å²) in [5, 5.41) is 17.3. The van der Waals surface area contributed by atoms with E-state index in [1.807, 2.05) is 0 Å². The van der Waals surface area contributed by atoms with E-state index in [9.17, 15) is 18.8 Å². The number of nitrogens with zero attached hydrogens (tertiary/aromatic N) is 1. The number of hydrogen-bond acceptors (Lipinski definition) is 3. The van der Waals surface area contributed by atoms with Gasteiger partial charge in [-0.15, -0.1) is 0 Å². The minimum absolute atomic E-state index is 0.130. The van der Waals surface area contributed by atoms with Crippen LogP contribution < -0.4 is 0 Å². The third-order valence-electron chi connectivity index (χ3n) is 2.05. The quantitative estimate of drug-likeness (QED) is 0.844. The van der Waals surface area contributed by atoms with Crippen LogP contribution in [-0.2, 0) is 9.59 Å². The Bertz CT molecular complexity index is 498. The largest absolute Gasteiger partial charge is 0.480 e. The van der Waals surface area contributed by atoms with Gasteiger partial charge in [-0.2, -0.15) is 0 Å². The molecule has 1 amide bonds. The summed E-state index contributed by atoms with van der Waals surface area (Å²) in [7, 11) is 0. The van der Waals surface area contributed by atoms with Gasteiger partial charge in [-0.1, -0.05) is 15.9 Å². The van der Waals surface area contributed by atoms with Gasteiger partial charge in [-0.3, -0.25) is 14.4 Å². The van der Waals surface area contributed by atoms with Crippen LogP contribution in [0.3, 0.4) is 0 Å². The highest BCUT2D eigenvalue weighted by Crippen LogP contribution is 2.16. The Morgan fingerprint density at radius 1 is 1.11 bits per heavy atom. The van der Waals surface area contributed by atoms with Crippen molar-refractivity contribution in [2.75, 3.05) is 13.1 Å². The molecule has 102 valence electrons. The molecule has 0 bridgehead atoms. The molecule has 0 aliphatic rings. The van der Waals surface area contributed by atoms with E-state index in [2.05, 4.69) is 15.9 Å². The lowest BCUT2D eigenvalue weighted by Crippen LogP contribution is -2.39. The van der Waals surface area contributed by atoms with Gasteiger partial charge >= 0.3 is 11.9 Å². The van der Waals surface area contributed by atoms with E-state index in [-0.39, 0.29) is 5.56 Å². The van der Waals surface area contributed by atoms with Crippen LogP contribution in [0.1, 0.15) is 10.4 Å². The van der Waals surface area contributed by atoms with Crippen LogP contribution in [0.15, 0.2) is 22.7 Å². The molecule has 2 N–H and O–H groups in total. The van der Waals surface area contributed by atoms with Crippen LogP contribution in [0.5, 0.6) is 0 Å². The topological polar surface area (TPSA) is 94.9 Å². The lowest BCUT2D eigenvalue weighted by Gasteiger charge is -2.18. The van der Waals surface area contributed by atoms with Crippen LogP contribution in [0.2, 0.25) is 0 Å². The first-order valence-electron chi connectivity index (χ1n) is 4.98. The van der Waals surface area contributed by atoms with E-state index in [1.54, 1.807) is 0 Å². The van der Waals surface area contributed by atoms with Gasteiger partial charge in [0.05, 0.1) is 0 Å². The molecular formula is C11H9BrFNO5. The normalized spacial score (nSPS) is 10.0. The highest BCUT2D eigenvalue weighted by molar-refractivity contribution is 9.10. The Hall–Kier alpha value is -1.96. The van der Waals surface area contributed by atoms with Gasteiger partial charge in [0.15, 0.2) is 0 Å². The summed E-state index contributed by atoms with van der Waals surface area (Å²) in [5.74, 6) is -4.27. The predicted molar refractivity (Wildman–Crippen MR) is 65.3 cm³/mol. The second-order valence-corrected chi connectivity index (χ2v) is 4.52. The zero-order chi connectivity index (χ0) is 14.6. The maximum absolute atomic E-state index is 13.1. The van der Waals surface area contributed by atoms with Gasteiger partial charge in [0.1, 0.15) is 18.9 Å². The number of rotatable bonds is 5. The molecule has 6 nitrogen and oxygen atoms in total. The fourth-order valence-corrected chi connectivity index (χ4v) is 1.85. The third-order valence-corrected chi connectivity index (χ3v) is 2.51. The second kappa shape index (κ2) is 6.28. The molecule has 8 heteroatoms. The Balaban J connectivity index is 3.03. The van der Waals surface area contributed by atoms with Gasteiger partial charge in [-0.25, -0.2) is 4.39 Å². The summed E-state index contributed by atoms with van der Waals surface area (Å²) in [6.45, 7) is -1.56. The van der Waals surface area contributed by atoms with Gasteiger partial charge in [0, 0.05) is 10.0 Å². The lowest BCUT2D eigenvalue weighted by molar-refractivity contribution is -0.140. The number of hydrogen-bond donors (Lipinski definition) is 2. The lowest BCUT2D eigenvalue weighted by atomic mass is 10.2. The molecule has 0 radical (unpaired) electrons. The standard InChI is InChI=1S/C11H9BrFNO5/c12-7-1-6(2-8(13)3-7)11(19)14(4-9(15)16)5-10(17)18/h1-3H,4-5H2,(H,15,16)(H,17,18). The van der Waals surface area contributed by atoms with Crippen LogP contribution in [-0.4, -0.2) is 46.0 Å². The molecule has 0 saturated carbocycles. The van der Waals surface area contributed by atoms with Crippen molar-refractivity contribution >= 4 is 33.8 Å². The molecule has 0 aliphatic carbocycles. The molecular weight excluding hydrogens is 325 g/mol. The molecule has 19 heavy (non-hydrogen) atoms. The van der Waals surface area contributed by atoms with Gasteiger partial charge in [-0.05, 0) is 18.2 Å². The van der Waals surface area contributed by atoms with E-state index >= 15 is 0 Å². The SMILES string of the molecule is O=C(O)CN(CC(=O)O)C(=O)c1cc(F)cc(Br)c1. The molecule has 0 aromatic heterocycles. The van der Waals surface area contributed by atoms with E-state index in [0.29, 0.717) is 9.37 Å². The molecule has 0 spiro atoms. The Morgan fingerprint density at radius 3 is 2.05 bits per heavy atom. The molecule has 1 rings (SSSR count). The third kappa shape index (κ3) is 4.66. The molecule has 0 unspecified atom stereocenters. The van der Waals surface area contributed by atoms with Crippen molar-refractivity contribution in [3.8, 4) is 0 Å². The van der Waals surface area contributed by atoms with Crippen molar-refractivity contribution in [2.45, 2.75) is 0 Å². The monoisotopic (exact) mass is 333 g/mol. The number of carboxylic acids is 2. The smallest absolute Gasteiger partial charge is 0.323 e. The van der Waals surface area contributed by atoms with Crippen LogP contribution in [0.25, 0.3) is 0 Å². The van der Waals surface area contributed by atoms with Gasteiger partial charge < -0.3 is 15.1 Å². The highest BCUT2D eigenvalue weighted by Gasteiger charge is 2.21. The van der Waals surface area contributed by atoms with E-state index < -0.39 is 36.8 Å². The average Bonchev–Trinajstić information content (AvgIpc) is 2.24. The first-order chi connectivity index (χ1) is 8.79. The van der Waals surface area contributed by atoms with Crippen molar-refractivity contribution in [1.82, 2.24) is 4.90 Å². The first kappa shape index (κ1) is 15.1. The minimum atomic E-state index is -1.36. The fraction of sp³-hybridized carbons (Fsp3) is 0.182. The zero-order valence-electron chi connectivity index (χ0n) is 9.47. The number of amides is 1. The first-order valence-corrected chi connectivity index (χ1v) is 5.78. The van der Waals surface area contributed by atoms with Crippen molar-refractivity contribution in [3.05, 3.63) is 34.1 Å². The Labute approximate surface area is 115 Å². The van der Waals surface area contributed by atoms with E-state index in [0.717, 1.165) is 12.1 Å². The summed E-state index contributed by atoms with van der Waals surface area (Å²) in [5.41, 5.74) is -0.130. The summed E-state index contributed by atoms with van der Waals surface area (Å²) < 4.78 is 13.4. The Morgan fingerprint density at radius 2 is 1.63 bits per heavy atom. The van der Waals surface area contributed by atoms with Crippen LogP contribution >= 0.6 is 15.9 Å².